The zero-order chi connectivity index (χ0) is 10.1. The second-order valence-corrected chi connectivity index (χ2v) is 12.9. The fourth-order valence-corrected chi connectivity index (χ4v) is 15.3. The van der Waals surface area contributed by atoms with Crippen molar-refractivity contribution in [2.24, 2.45) is 0 Å². The first-order chi connectivity index (χ1) is 7.45. The van der Waals surface area contributed by atoms with Gasteiger partial charge in [0.25, 0.3) is 0 Å². The zero-order valence-corrected chi connectivity index (χ0v) is 12.5. The van der Waals surface area contributed by atoms with Gasteiger partial charge in [0.2, 0.25) is 0 Å². The summed E-state index contributed by atoms with van der Waals surface area (Å²) in [7, 11) is 7.69. The fourth-order valence-electron chi connectivity index (χ4n) is 1.48. The molecule has 1 aliphatic rings. The van der Waals surface area contributed by atoms with Crippen LogP contribution in [0.2, 0.25) is 0 Å². The Labute approximate surface area is 109 Å². The predicted molar refractivity (Wildman–Crippen MR) is 78.0 cm³/mol. The quantitative estimate of drug-likeness (QED) is 0.525. The van der Waals surface area contributed by atoms with Gasteiger partial charge in [-0.2, -0.15) is 0 Å². The SMILES string of the molecule is c1ccc2c3c(ccc2c1)[Se]SSSS3. The molecule has 1 heterocycles. The topological polar surface area (TPSA) is 0 Å². The molecule has 0 nitrogen and oxygen atoms in total. The molecular weight excluding hydrogens is 327 g/mol. The van der Waals surface area contributed by atoms with Gasteiger partial charge in [0.05, 0.1) is 0 Å². The van der Waals surface area contributed by atoms with E-state index < -0.39 is 0 Å². The molecule has 15 heavy (non-hydrogen) atoms. The minimum atomic E-state index is 0.556. The van der Waals surface area contributed by atoms with E-state index in [0.717, 1.165) is 0 Å². The Kier molecular flexibility index (Phi) is 3.48. The van der Waals surface area contributed by atoms with Crippen LogP contribution in [0.1, 0.15) is 0 Å². The first kappa shape index (κ1) is 10.8. The van der Waals surface area contributed by atoms with Gasteiger partial charge in [-0.15, -0.1) is 0 Å². The summed E-state index contributed by atoms with van der Waals surface area (Å²) in [5, 5.41) is 2.77. The molecule has 0 saturated carbocycles. The standard InChI is InChI=1S/C10H6S4Se/c1-2-4-8-7(3-1)5-6-9-10(8)11-12-13-14-15-9/h1-6H. The molecule has 1 aliphatic heterocycles. The van der Waals surface area contributed by atoms with E-state index in [1.165, 1.54) is 20.1 Å². The van der Waals surface area contributed by atoms with E-state index in [1.807, 2.05) is 39.7 Å². The molecule has 0 atom stereocenters. The summed E-state index contributed by atoms with van der Waals surface area (Å²) in [6.45, 7) is 0. The predicted octanol–water partition coefficient (Wildman–Crippen LogP) is 4.13. The van der Waals surface area contributed by atoms with Crippen molar-refractivity contribution in [2.45, 2.75) is 4.90 Å². The van der Waals surface area contributed by atoms with Crippen LogP contribution >= 0.6 is 39.7 Å². The summed E-state index contributed by atoms with van der Waals surface area (Å²) in [5.41, 5.74) is 0. The molecular formula is C10H6S4Se. The van der Waals surface area contributed by atoms with Crippen molar-refractivity contribution in [3.8, 4) is 0 Å². The molecule has 0 N–H and O–H groups in total. The van der Waals surface area contributed by atoms with Gasteiger partial charge in [0, 0.05) is 0 Å². The molecule has 76 valence electrons. The van der Waals surface area contributed by atoms with Gasteiger partial charge in [-0.3, -0.25) is 0 Å². The molecule has 0 radical (unpaired) electrons. The third-order valence-electron chi connectivity index (χ3n) is 2.14. The van der Waals surface area contributed by atoms with Crippen molar-refractivity contribution < 1.29 is 0 Å². The first-order valence-corrected chi connectivity index (χ1v) is 12.0. The number of benzene rings is 2. The second kappa shape index (κ2) is 4.86. The summed E-state index contributed by atoms with van der Waals surface area (Å²) in [6, 6.07) is 13.2. The Hall–Kier alpha value is 0.619. The van der Waals surface area contributed by atoms with Crippen LogP contribution in [-0.2, 0) is 0 Å². The summed E-state index contributed by atoms with van der Waals surface area (Å²) < 4.78 is 1.54. The van der Waals surface area contributed by atoms with E-state index in [9.17, 15) is 0 Å². The molecule has 0 bridgehead atoms. The molecule has 0 fully saturated rings. The zero-order valence-electron chi connectivity index (χ0n) is 7.51. The van der Waals surface area contributed by atoms with Gasteiger partial charge >= 0.3 is 110 Å². The Balaban J connectivity index is 2.27. The van der Waals surface area contributed by atoms with Crippen molar-refractivity contribution in [1.82, 2.24) is 0 Å². The van der Waals surface area contributed by atoms with Crippen LogP contribution in [0, 0.1) is 0 Å². The van der Waals surface area contributed by atoms with Gasteiger partial charge in [-0.25, -0.2) is 0 Å². The Bertz CT molecular complexity index is 500. The van der Waals surface area contributed by atoms with Gasteiger partial charge in [0.15, 0.2) is 0 Å². The molecule has 0 saturated heterocycles. The number of rotatable bonds is 0. The van der Waals surface area contributed by atoms with Gasteiger partial charge in [-0.1, -0.05) is 0 Å². The molecule has 0 aliphatic carbocycles. The van der Waals surface area contributed by atoms with E-state index >= 15 is 0 Å². The number of fused-ring (bicyclic) bond motifs is 3. The van der Waals surface area contributed by atoms with Crippen LogP contribution in [-0.4, -0.2) is 13.8 Å². The normalized spacial score (nSPS) is 16.0. The van der Waals surface area contributed by atoms with Crippen LogP contribution in [0.5, 0.6) is 0 Å². The minimum absolute atomic E-state index is 0.556. The van der Waals surface area contributed by atoms with Crippen molar-refractivity contribution >= 4 is 68.7 Å². The monoisotopic (exact) mass is 334 g/mol. The van der Waals surface area contributed by atoms with Gasteiger partial charge in [-0.05, 0) is 0 Å². The Morgan fingerprint density at radius 1 is 0.933 bits per heavy atom. The average molecular weight is 333 g/mol. The summed E-state index contributed by atoms with van der Waals surface area (Å²) >= 11 is 0.556. The van der Waals surface area contributed by atoms with Crippen LogP contribution in [0.15, 0.2) is 41.3 Å². The van der Waals surface area contributed by atoms with Crippen LogP contribution in [0.4, 0.5) is 0 Å². The van der Waals surface area contributed by atoms with Crippen LogP contribution < -0.4 is 4.46 Å². The maximum atomic E-state index is 2.30. The van der Waals surface area contributed by atoms with Gasteiger partial charge in [0.1, 0.15) is 0 Å². The van der Waals surface area contributed by atoms with Crippen LogP contribution in [0.3, 0.4) is 0 Å². The van der Waals surface area contributed by atoms with E-state index in [-0.39, 0.29) is 0 Å². The first-order valence-electron chi connectivity index (χ1n) is 4.31. The second-order valence-electron chi connectivity index (χ2n) is 2.98. The van der Waals surface area contributed by atoms with E-state index in [1.54, 1.807) is 0 Å². The molecule has 2 aromatic rings. The Morgan fingerprint density at radius 3 is 2.87 bits per heavy atom. The summed E-state index contributed by atoms with van der Waals surface area (Å²) in [5.74, 6) is 0. The molecule has 5 heteroatoms. The van der Waals surface area contributed by atoms with Crippen molar-refractivity contribution in [3.63, 3.8) is 0 Å². The van der Waals surface area contributed by atoms with E-state index in [2.05, 4.69) is 36.4 Å². The molecule has 0 aromatic heterocycles. The van der Waals surface area contributed by atoms with Crippen LogP contribution in [0.25, 0.3) is 10.8 Å². The Morgan fingerprint density at radius 2 is 1.87 bits per heavy atom. The number of hydrogen-bond acceptors (Lipinski definition) is 4. The average Bonchev–Trinajstić information content (AvgIpc) is 2.54. The molecule has 0 spiro atoms. The fraction of sp³-hybridized carbons (Fsp3) is 0. The third-order valence-corrected chi connectivity index (χ3v) is 14.1. The third kappa shape index (κ3) is 2.19. The molecule has 3 rings (SSSR count). The molecule has 2 aromatic carbocycles. The summed E-state index contributed by atoms with van der Waals surface area (Å²) in [6.07, 6.45) is 0. The van der Waals surface area contributed by atoms with Crippen molar-refractivity contribution in [2.75, 3.05) is 0 Å². The molecule has 0 amide bonds. The molecule has 0 unspecified atom stereocenters. The van der Waals surface area contributed by atoms with Crippen molar-refractivity contribution in [3.05, 3.63) is 36.4 Å². The number of hydrogen-bond donors (Lipinski definition) is 0. The van der Waals surface area contributed by atoms with E-state index in [0.29, 0.717) is 13.8 Å². The summed E-state index contributed by atoms with van der Waals surface area (Å²) in [4.78, 5) is 1.48. The van der Waals surface area contributed by atoms with Crippen molar-refractivity contribution in [1.29, 1.82) is 0 Å². The van der Waals surface area contributed by atoms with Gasteiger partial charge < -0.3 is 0 Å². The van der Waals surface area contributed by atoms with E-state index in [4.69, 9.17) is 0 Å². The maximum absolute atomic E-state index is 2.30.